The zero-order valence-corrected chi connectivity index (χ0v) is 11.8. The molecule has 1 aliphatic rings. The van der Waals surface area contributed by atoms with Gasteiger partial charge in [-0.25, -0.2) is 0 Å². The van der Waals surface area contributed by atoms with Crippen molar-refractivity contribution in [2.45, 2.75) is 38.3 Å². The fourth-order valence-electron chi connectivity index (χ4n) is 2.58. The van der Waals surface area contributed by atoms with Crippen molar-refractivity contribution in [2.75, 3.05) is 11.4 Å². The maximum absolute atomic E-state index is 12.5. The van der Waals surface area contributed by atoms with E-state index in [-0.39, 0.29) is 13.0 Å². The number of alkyl halides is 3. The molecule has 0 fully saturated rings. The van der Waals surface area contributed by atoms with Gasteiger partial charge in [0, 0.05) is 18.7 Å². The molecule has 0 aliphatic carbocycles. The third-order valence-corrected chi connectivity index (χ3v) is 3.63. The van der Waals surface area contributed by atoms with E-state index in [2.05, 4.69) is 0 Å². The zero-order valence-electron chi connectivity index (χ0n) is 11.8. The Labute approximate surface area is 125 Å². The Hall–Kier alpha value is -2.05. The molecule has 7 heteroatoms. The number of benzene rings is 1. The van der Waals surface area contributed by atoms with Gasteiger partial charge in [-0.3, -0.25) is 9.59 Å². The highest BCUT2D eigenvalue weighted by Crippen LogP contribution is 2.32. The van der Waals surface area contributed by atoms with Crippen LogP contribution in [0.2, 0.25) is 0 Å². The lowest BCUT2D eigenvalue weighted by atomic mass is 10.0. The van der Waals surface area contributed by atoms with Gasteiger partial charge < -0.3 is 10.0 Å². The molecule has 1 heterocycles. The van der Waals surface area contributed by atoms with Crippen molar-refractivity contribution in [2.24, 2.45) is 0 Å². The lowest BCUT2D eigenvalue weighted by Gasteiger charge is -2.18. The van der Waals surface area contributed by atoms with Crippen molar-refractivity contribution in [1.82, 2.24) is 0 Å². The summed E-state index contributed by atoms with van der Waals surface area (Å²) in [5.74, 6) is -2.67. The Morgan fingerprint density at radius 3 is 2.59 bits per heavy atom. The molecule has 0 saturated carbocycles. The fourth-order valence-corrected chi connectivity index (χ4v) is 2.58. The van der Waals surface area contributed by atoms with Crippen LogP contribution in [0.5, 0.6) is 0 Å². The van der Waals surface area contributed by atoms with Gasteiger partial charge in [-0.1, -0.05) is 12.1 Å². The highest BCUT2D eigenvalue weighted by Gasteiger charge is 2.44. The first-order valence-electron chi connectivity index (χ1n) is 7.01. The van der Waals surface area contributed by atoms with Crippen LogP contribution in [0.4, 0.5) is 18.9 Å². The van der Waals surface area contributed by atoms with Gasteiger partial charge in [0.05, 0.1) is 0 Å². The predicted molar refractivity (Wildman–Crippen MR) is 73.7 cm³/mol. The van der Waals surface area contributed by atoms with Crippen molar-refractivity contribution < 1.29 is 27.9 Å². The lowest BCUT2D eigenvalue weighted by Crippen LogP contribution is -2.40. The van der Waals surface area contributed by atoms with Gasteiger partial charge in [0.15, 0.2) is 0 Å². The second kappa shape index (κ2) is 6.37. The standard InChI is InChI=1S/C15H16F3NO3/c16-15(17,18)14(22)19-8-7-11-9-10(5-6-12(11)19)3-1-2-4-13(20)21/h5-6,9H,1-4,7-8H2,(H,20,21). The van der Waals surface area contributed by atoms with Crippen LogP contribution >= 0.6 is 0 Å². The number of nitrogens with zero attached hydrogens (tertiary/aromatic N) is 1. The first-order chi connectivity index (χ1) is 10.3. The van der Waals surface area contributed by atoms with E-state index >= 15 is 0 Å². The molecular weight excluding hydrogens is 299 g/mol. The number of anilines is 1. The number of amides is 1. The van der Waals surface area contributed by atoms with E-state index in [0.29, 0.717) is 31.4 Å². The summed E-state index contributed by atoms with van der Waals surface area (Å²) in [6.07, 6.45) is -2.41. The first kappa shape index (κ1) is 16.3. The topological polar surface area (TPSA) is 57.6 Å². The Balaban J connectivity index is 2.01. The molecule has 0 aromatic heterocycles. The molecule has 120 valence electrons. The molecule has 0 atom stereocenters. The molecule has 0 saturated heterocycles. The van der Waals surface area contributed by atoms with Crippen molar-refractivity contribution in [3.63, 3.8) is 0 Å². The summed E-state index contributed by atoms with van der Waals surface area (Å²) < 4.78 is 37.5. The number of carboxylic acids is 1. The van der Waals surface area contributed by atoms with E-state index in [0.717, 1.165) is 16.0 Å². The number of aryl methyl sites for hydroxylation is 1. The van der Waals surface area contributed by atoms with Crippen LogP contribution in [-0.4, -0.2) is 29.7 Å². The number of carboxylic acid groups (broad SMARTS) is 1. The van der Waals surface area contributed by atoms with Crippen LogP contribution in [0.1, 0.15) is 30.4 Å². The minimum Gasteiger partial charge on any atom is -0.481 e. The Morgan fingerprint density at radius 1 is 1.23 bits per heavy atom. The second-order valence-corrected chi connectivity index (χ2v) is 5.27. The number of aliphatic carboxylic acids is 1. The Kier molecular flexibility index (Phi) is 4.73. The quantitative estimate of drug-likeness (QED) is 0.850. The monoisotopic (exact) mass is 315 g/mol. The normalized spacial score (nSPS) is 14.0. The molecular formula is C15H16F3NO3. The van der Waals surface area contributed by atoms with Crippen molar-refractivity contribution in [3.8, 4) is 0 Å². The minimum absolute atomic E-state index is 0.0378. The maximum Gasteiger partial charge on any atom is 0.471 e. The number of rotatable bonds is 5. The van der Waals surface area contributed by atoms with E-state index in [1.54, 1.807) is 18.2 Å². The molecule has 1 N–H and O–H groups in total. The maximum atomic E-state index is 12.5. The summed E-state index contributed by atoms with van der Waals surface area (Å²) in [5, 5.41) is 8.56. The number of carbonyl (C=O) groups is 2. The number of fused-ring (bicyclic) bond motifs is 1. The minimum atomic E-state index is -4.86. The zero-order chi connectivity index (χ0) is 16.3. The summed E-state index contributed by atoms with van der Waals surface area (Å²) >= 11 is 0. The second-order valence-electron chi connectivity index (χ2n) is 5.27. The summed E-state index contributed by atoms with van der Waals surface area (Å²) in [5.41, 5.74) is 2.00. The highest BCUT2D eigenvalue weighted by atomic mass is 19.4. The smallest absolute Gasteiger partial charge is 0.471 e. The average Bonchev–Trinajstić information content (AvgIpc) is 2.84. The molecule has 1 amide bonds. The van der Waals surface area contributed by atoms with Crippen molar-refractivity contribution >= 4 is 17.6 Å². The molecule has 0 bridgehead atoms. The van der Waals surface area contributed by atoms with E-state index in [1.165, 1.54) is 0 Å². The number of unbranched alkanes of at least 4 members (excludes halogenated alkanes) is 1. The van der Waals surface area contributed by atoms with Crippen molar-refractivity contribution in [1.29, 1.82) is 0 Å². The lowest BCUT2D eigenvalue weighted by molar-refractivity contribution is -0.170. The highest BCUT2D eigenvalue weighted by molar-refractivity contribution is 5.99. The first-order valence-corrected chi connectivity index (χ1v) is 7.01. The number of carbonyl (C=O) groups excluding carboxylic acids is 1. The summed E-state index contributed by atoms with van der Waals surface area (Å²) in [7, 11) is 0. The SMILES string of the molecule is O=C(O)CCCCc1ccc2c(c1)CCN2C(=O)C(F)(F)F. The summed E-state index contributed by atoms with van der Waals surface area (Å²) in [6, 6.07) is 5.04. The number of halogens is 3. The Morgan fingerprint density at radius 2 is 1.95 bits per heavy atom. The Bertz CT molecular complexity index is 584. The molecule has 4 nitrogen and oxygen atoms in total. The van der Waals surface area contributed by atoms with Gasteiger partial charge in [-0.05, 0) is 42.9 Å². The third-order valence-electron chi connectivity index (χ3n) is 3.63. The van der Waals surface area contributed by atoms with Crippen LogP contribution in [-0.2, 0) is 22.4 Å². The molecule has 0 unspecified atom stereocenters. The summed E-state index contributed by atoms with van der Waals surface area (Å²) in [6.45, 7) is 0.0378. The predicted octanol–water partition coefficient (Wildman–Crippen LogP) is 2.94. The molecule has 22 heavy (non-hydrogen) atoms. The number of hydrogen-bond donors (Lipinski definition) is 1. The van der Waals surface area contributed by atoms with E-state index in [4.69, 9.17) is 5.11 Å². The van der Waals surface area contributed by atoms with E-state index in [1.807, 2.05) is 0 Å². The van der Waals surface area contributed by atoms with Crippen LogP contribution in [0.15, 0.2) is 18.2 Å². The molecule has 2 rings (SSSR count). The van der Waals surface area contributed by atoms with Gasteiger partial charge in [0.1, 0.15) is 0 Å². The van der Waals surface area contributed by atoms with Crippen LogP contribution in [0.3, 0.4) is 0 Å². The van der Waals surface area contributed by atoms with Gasteiger partial charge >= 0.3 is 18.1 Å². The fraction of sp³-hybridized carbons (Fsp3) is 0.467. The van der Waals surface area contributed by atoms with Crippen LogP contribution < -0.4 is 4.90 Å². The number of hydrogen-bond acceptors (Lipinski definition) is 2. The van der Waals surface area contributed by atoms with Gasteiger partial charge in [-0.15, -0.1) is 0 Å². The van der Waals surface area contributed by atoms with E-state index < -0.39 is 18.1 Å². The van der Waals surface area contributed by atoms with Gasteiger partial charge in [0.2, 0.25) is 0 Å². The molecule has 0 spiro atoms. The summed E-state index contributed by atoms with van der Waals surface area (Å²) in [4.78, 5) is 22.5. The molecule has 0 radical (unpaired) electrons. The van der Waals surface area contributed by atoms with Gasteiger partial charge in [-0.2, -0.15) is 13.2 Å². The molecule has 1 aromatic carbocycles. The molecule has 1 aromatic rings. The third kappa shape index (κ3) is 3.78. The van der Waals surface area contributed by atoms with E-state index in [9.17, 15) is 22.8 Å². The largest absolute Gasteiger partial charge is 0.481 e. The average molecular weight is 315 g/mol. The van der Waals surface area contributed by atoms with Gasteiger partial charge in [0.25, 0.3) is 0 Å². The molecule has 1 aliphatic heterocycles. The van der Waals surface area contributed by atoms with Crippen molar-refractivity contribution in [3.05, 3.63) is 29.3 Å². The van der Waals surface area contributed by atoms with Crippen LogP contribution in [0.25, 0.3) is 0 Å². The van der Waals surface area contributed by atoms with Crippen LogP contribution in [0, 0.1) is 0 Å².